The van der Waals surface area contributed by atoms with E-state index < -0.39 is 17.5 Å². The van der Waals surface area contributed by atoms with Crippen molar-refractivity contribution in [2.24, 2.45) is 0 Å². The second-order valence-electron chi connectivity index (χ2n) is 6.38. The lowest BCUT2D eigenvalue weighted by atomic mass is 9.92. The fraction of sp³-hybridized carbons (Fsp3) is 0.471. The quantitative estimate of drug-likeness (QED) is 0.498. The van der Waals surface area contributed by atoms with Crippen molar-refractivity contribution < 1.29 is 14.3 Å². The Kier molecular flexibility index (Phi) is 5.70. The molecule has 9 heteroatoms. The first-order valence-corrected chi connectivity index (χ1v) is 8.98. The van der Waals surface area contributed by atoms with Gasteiger partial charge in [0, 0.05) is 26.2 Å². The third-order valence-corrected chi connectivity index (χ3v) is 4.81. The SMILES string of the molecule is C[C@]1(c2ccccc2)NC(=O)N(NC(=S)NCCN2CCOCC2)C1=O. The zero-order valence-corrected chi connectivity index (χ0v) is 15.5. The minimum Gasteiger partial charge on any atom is -0.379 e. The van der Waals surface area contributed by atoms with Crippen LogP contribution in [0, 0.1) is 0 Å². The summed E-state index contributed by atoms with van der Waals surface area (Å²) >= 11 is 5.22. The number of hydrogen-bond donors (Lipinski definition) is 3. The molecule has 1 aromatic rings. The number of rotatable bonds is 5. The molecule has 2 fully saturated rings. The van der Waals surface area contributed by atoms with E-state index in [0.717, 1.165) is 37.9 Å². The summed E-state index contributed by atoms with van der Waals surface area (Å²) in [6, 6.07) is 8.60. The van der Waals surface area contributed by atoms with Gasteiger partial charge in [0.05, 0.1) is 13.2 Å². The Balaban J connectivity index is 1.53. The van der Waals surface area contributed by atoms with Crippen LogP contribution in [0.5, 0.6) is 0 Å². The van der Waals surface area contributed by atoms with Crippen LogP contribution in [0.3, 0.4) is 0 Å². The van der Waals surface area contributed by atoms with E-state index in [0.29, 0.717) is 12.1 Å². The van der Waals surface area contributed by atoms with Crippen molar-refractivity contribution in [2.75, 3.05) is 39.4 Å². The molecule has 1 aromatic carbocycles. The number of nitrogens with zero attached hydrogens (tertiary/aromatic N) is 2. The topological polar surface area (TPSA) is 85.9 Å². The number of hydrogen-bond acceptors (Lipinski definition) is 5. The van der Waals surface area contributed by atoms with E-state index in [4.69, 9.17) is 17.0 Å². The van der Waals surface area contributed by atoms with Crippen LogP contribution in [0.25, 0.3) is 0 Å². The monoisotopic (exact) mass is 377 g/mol. The van der Waals surface area contributed by atoms with Crippen molar-refractivity contribution in [1.29, 1.82) is 0 Å². The average molecular weight is 377 g/mol. The summed E-state index contributed by atoms with van der Waals surface area (Å²) < 4.78 is 5.31. The molecule has 1 atom stereocenters. The molecule has 8 nitrogen and oxygen atoms in total. The number of nitrogens with one attached hydrogen (secondary N) is 3. The Bertz CT molecular complexity index is 680. The minimum absolute atomic E-state index is 0.235. The summed E-state index contributed by atoms with van der Waals surface area (Å²) in [4.78, 5) is 27.3. The lowest BCUT2D eigenvalue weighted by Gasteiger charge is -2.27. The number of amides is 3. The van der Waals surface area contributed by atoms with Crippen LogP contribution >= 0.6 is 12.2 Å². The number of urea groups is 1. The van der Waals surface area contributed by atoms with E-state index in [-0.39, 0.29) is 5.11 Å². The molecule has 2 saturated heterocycles. The molecule has 0 aliphatic carbocycles. The van der Waals surface area contributed by atoms with Crippen LogP contribution in [-0.2, 0) is 15.1 Å². The summed E-state index contributed by atoms with van der Waals surface area (Å²) in [7, 11) is 0. The number of hydrazine groups is 1. The number of morpholine rings is 1. The van der Waals surface area contributed by atoms with E-state index in [2.05, 4.69) is 21.0 Å². The minimum atomic E-state index is -1.12. The smallest absolute Gasteiger partial charge is 0.344 e. The number of imide groups is 1. The Labute approximate surface area is 157 Å². The van der Waals surface area contributed by atoms with Crippen LogP contribution in [-0.4, -0.2) is 66.4 Å². The van der Waals surface area contributed by atoms with Gasteiger partial charge < -0.3 is 15.4 Å². The normalized spacial score (nSPS) is 23.7. The summed E-state index contributed by atoms with van der Waals surface area (Å²) in [6.07, 6.45) is 0. The van der Waals surface area contributed by atoms with Gasteiger partial charge in [-0.15, -0.1) is 0 Å². The number of thiocarbonyl (C=S) groups is 1. The third-order valence-electron chi connectivity index (χ3n) is 4.57. The maximum absolute atomic E-state index is 12.8. The highest BCUT2D eigenvalue weighted by Crippen LogP contribution is 2.27. The fourth-order valence-corrected chi connectivity index (χ4v) is 3.19. The van der Waals surface area contributed by atoms with E-state index in [1.54, 1.807) is 19.1 Å². The largest absolute Gasteiger partial charge is 0.379 e. The maximum atomic E-state index is 12.8. The summed E-state index contributed by atoms with van der Waals surface area (Å²) in [5, 5.41) is 6.92. The van der Waals surface area contributed by atoms with Gasteiger partial charge in [-0.3, -0.25) is 15.1 Å². The molecule has 0 aromatic heterocycles. The third kappa shape index (κ3) is 3.95. The van der Waals surface area contributed by atoms with Gasteiger partial charge in [0.1, 0.15) is 5.54 Å². The molecular weight excluding hydrogens is 354 g/mol. The first-order chi connectivity index (χ1) is 12.5. The van der Waals surface area contributed by atoms with Gasteiger partial charge in [0.15, 0.2) is 5.11 Å². The van der Waals surface area contributed by atoms with Crippen LogP contribution < -0.4 is 16.1 Å². The first kappa shape index (κ1) is 18.6. The van der Waals surface area contributed by atoms with Gasteiger partial charge in [0.25, 0.3) is 5.91 Å². The van der Waals surface area contributed by atoms with Gasteiger partial charge in [-0.05, 0) is 24.7 Å². The van der Waals surface area contributed by atoms with Crippen molar-refractivity contribution >= 4 is 29.3 Å². The van der Waals surface area contributed by atoms with Crippen molar-refractivity contribution in [3.8, 4) is 0 Å². The predicted molar refractivity (Wildman–Crippen MR) is 100 cm³/mol. The Morgan fingerprint density at radius 2 is 1.96 bits per heavy atom. The molecule has 140 valence electrons. The second-order valence-corrected chi connectivity index (χ2v) is 6.79. The second kappa shape index (κ2) is 7.98. The van der Waals surface area contributed by atoms with Gasteiger partial charge >= 0.3 is 6.03 Å². The Morgan fingerprint density at radius 3 is 2.65 bits per heavy atom. The molecule has 0 unspecified atom stereocenters. The highest BCUT2D eigenvalue weighted by molar-refractivity contribution is 7.80. The van der Waals surface area contributed by atoms with Crippen LogP contribution in [0.2, 0.25) is 0 Å². The number of carbonyl (C=O) groups is 2. The van der Waals surface area contributed by atoms with Crippen LogP contribution in [0.4, 0.5) is 4.79 Å². The van der Waals surface area contributed by atoms with Crippen LogP contribution in [0.1, 0.15) is 12.5 Å². The molecule has 3 N–H and O–H groups in total. The van der Waals surface area contributed by atoms with E-state index in [1.807, 2.05) is 18.2 Å². The average Bonchev–Trinajstić information content (AvgIpc) is 2.87. The maximum Gasteiger partial charge on any atom is 0.344 e. The molecule has 3 rings (SSSR count). The van der Waals surface area contributed by atoms with Crippen molar-refractivity contribution in [3.63, 3.8) is 0 Å². The molecule has 0 bridgehead atoms. The lowest BCUT2D eigenvalue weighted by Crippen LogP contribution is -2.52. The van der Waals surface area contributed by atoms with Crippen molar-refractivity contribution in [1.82, 2.24) is 26.0 Å². The first-order valence-electron chi connectivity index (χ1n) is 8.57. The number of benzene rings is 1. The molecule has 3 amide bonds. The molecule has 2 aliphatic rings. The van der Waals surface area contributed by atoms with Crippen LogP contribution in [0.15, 0.2) is 30.3 Å². The van der Waals surface area contributed by atoms with Crippen molar-refractivity contribution in [3.05, 3.63) is 35.9 Å². The van der Waals surface area contributed by atoms with E-state index >= 15 is 0 Å². The zero-order chi connectivity index (χ0) is 18.6. The highest BCUT2D eigenvalue weighted by Gasteiger charge is 2.49. The number of carbonyl (C=O) groups excluding carboxylic acids is 2. The molecular formula is C17H23N5O3S. The summed E-state index contributed by atoms with van der Waals surface area (Å²) in [6.45, 7) is 6.37. The van der Waals surface area contributed by atoms with Crippen molar-refractivity contribution in [2.45, 2.75) is 12.5 Å². The fourth-order valence-electron chi connectivity index (χ4n) is 3.00. The van der Waals surface area contributed by atoms with Gasteiger partial charge in [-0.2, -0.15) is 5.01 Å². The molecule has 2 heterocycles. The zero-order valence-electron chi connectivity index (χ0n) is 14.7. The predicted octanol–water partition coefficient (Wildman–Crippen LogP) is 0.165. The Hall–Kier alpha value is -2.23. The lowest BCUT2D eigenvalue weighted by molar-refractivity contribution is -0.132. The molecule has 0 radical (unpaired) electrons. The summed E-state index contributed by atoms with van der Waals surface area (Å²) in [5.41, 5.74) is 2.29. The highest BCUT2D eigenvalue weighted by atomic mass is 32.1. The molecule has 26 heavy (non-hydrogen) atoms. The molecule has 0 spiro atoms. The van der Waals surface area contributed by atoms with E-state index in [9.17, 15) is 9.59 Å². The van der Waals surface area contributed by atoms with Gasteiger partial charge in [0.2, 0.25) is 0 Å². The standard InChI is InChI=1S/C17H23N5O3S/c1-17(13-5-3-2-4-6-13)14(23)22(16(24)19-17)20-15(26)18-7-8-21-9-11-25-12-10-21/h2-6H,7-12H2,1H3,(H,19,24)(H2,18,20,26)/t17-/m1/s1. The van der Waals surface area contributed by atoms with E-state index in [1.165, 1.54) is 0 Å². The van der Waals surface area contributed by atoms with Gasteiger partial charge in [-0.25, -0.2) is 4.79 Å². The Morgan fingerprint density at radius 1 is 1.27 bits per heavy atom. The van der Waals surface area contributed by atoms with Gasteiger partial charge in [-0.1, -0.05) is 30.3 Å². The summed E-state index contributed by atoms with van der Waals surface area (Å²) in [5.74, 6) is -0.397. The molecule has 0 saturated carbocycles. The molecule has 2 aliphatic heterocycles. The number of ether oxygens (including phenoxy) is 1.